The number of Topliss-reactive ketones (excluding diaryl/α,β-unsaturated/α-hetero) is 1. The number of para-hydroxylation sites is 1. The lowest BCUT2D eigenvalue weighted by Gasteiger charge is -2.34. The van der Waals surface area contributed by atoms with Crippen molar-refractivity contribution in [2.45, 2.75) is 20.8 Å². The van der Waals surface area contributed by atoms with E-state index in [1.54, 1.807) is 11.8 Å². The summed E-state index contributed by atoms with van der Waals surface area (Å²) in [5, 5.41) is 0.960. The second kappa shape index (κ2) is 7.97. The molecule has 1 fully saturated rings. The number of aliphatic imine (C=N–C) groups is 1. The molecular formula is C18H27N3OS. The monoisotopic (exact) mass is 333 g/mol. The summed E-state index contributed by atoms with van der Waals surface area (Å²) in [4.78, 5) is 21.7. The van der Waals surface area contributed by atoms with Gasteiger partial charge in [-0.25, -0.2) is 4.99 Å². The maximum Gasteiger partial charge on any atom is 0.164 e. The van der Waals surface area contributed by atoms with Gasteiger partial charge in [-0.3, -0.25) is 4.79 Å². The fourth-order valence-corrected chi connectivity index (χ4v) is 3.38. The number of carbonyl (C=O) groups excluding carboxylic acids is 1. The number of nitrogens with zero attached hydrogens (tertiary/aromatic N) is 3. The van der Waals surface area contributed by atoms with Crippen LogP contribution in [0.1, 0.15) is 20.8 Å². The molecule has 4 nitrogen and oxygen atoms in total. The number of ketones is 1. The summed E-state index contributed by atoms with van der Waals surface area (Å²) in [7, 11) is 2.14. The van der Waals surface area contributed by atoms with Crippen molar-refractivity contribution in [2.75, 3.05) is 39.0 Å². The zero-order chi connectivity index (χ0) is 16.9. The third-order valence-corrected chi connectivity index (χ3v) is 4.94. The Morgan fingerprint density at radius 1 is 1.13 bits per heavy atom. The highest BCUT2D eigenvalue weighted by molar-refractivity contribution is 8.14. The molecule has 1 heterocycles. The molecule has 0 aromatic heterocycles. The van der Waals surface area contributed by atoms with E-state index in [0.717, 1.165) is 37.0 Å². The standard InChI is InChI=1S/C18H27N3OS/c1-18(2,3)16(22)14-23-17(19-15-8-6-5-7-9-15)21-12-10-20(4)11-13-21/h5-9H,10-14H2,1-4H3. The van der Waals surface area contributed by atoms with E-state index in [1.165, 1.54) is 0 Å². The van der Waals surface area contributed by atoms with Gasteiger partial charge in [-0.15, -0.1) is 0 Å². The molecule has 0 radical (unpaired) electrons. The molecule has 23 heavy (non-hydrogen) atoms. The minimum absolute atomic E-state index is 0.261. The molecule has 1 aromatic carbocycles. The topological polar surface area (TPSA) is 35.9 Å². The van der Waals surface area contributed by atoms with Crippen molar-refractivity contribution in [3.63, 3.8) is 0 Å². The highest BCUT2D eigenvalue weighted by Crippen LogP contribution is 2.22. The summed E-state index contributed by atoms with van der Waals surface area (Å²) in [6.07, 6.45) is 0. The molecule has 0 unspecified atom stereocenters. The van der Waals surface area contributed by atoms with Crippen molar-refractivity contribution in [2.24, 2.45) is 10.4 Å². The first-order valence-corrected chi connectivity index (χ1v) is 9.08. The predicted octanol–water partition coefficient (Wildman–Crippen LogP) is 3.27. The van der Waals surface area contributed by atoms with Gasteiger partial charge in [0, 0.05) is 31.6 Å². The van der Waals surface area contributed by atoms with Crippen molar-refractivity contribution in [3.05, 3.63) is 30.3 Å². The van der Waals surface area contributed by atoms with Crippen molar-refractivity contribution >= 4 is 28.4 Å². The molecule has 0 saturated carbocycles. The third-order valence-electron chi connectivity index (χ3n) is 3.92. The zero-order valence-corrected chi connectivity index (χ0v) is 15.4. The highest BCUT2D eigenvalue weighted by atomic mass is 32.2. The van der Waals surface area contributed by atoms with Crippen molar-refractivity contribution in [3.8, 4) is 0 Å². The van der Waals surface area contributed by atoms with Crippen LogP contribution in [0.25, 0.3) is 0 Å². The molecule has 0 atom stereocenters. The number of carbonyl (C=O) groups is 1. The average molecular weight is 334 g/mol. The lowest BCUT2D eigenvalue weighted by atomic mass is 9.92. The number of hydrogen-bond donors (Lipinski definition) is 0. The smallest absolute Gasteiger partial charge is 0.164 e. The number of benzene rings is 1. The van der Waals surface area contributed by atoms with Gasteiger partial charge in [0.1, 0.15) is 5.78 Å². The van der Waals surface area contributed by atoms with Gasteiger partial charge < -0.3 is 9.80 Å². The molecular weight excluding hydrogens is 306 g/mol. The lowest BCUT2D eigenvalue weighted by Crippen LogP contribution is -2.46. The number of rotatable bonds is 3. The van der Waals surface area contributed by atoms with E-state index in [2.05, 4.69) is 16.8 Å². The van der Waals surface area contributed by atoms with Crippen LogP contribution in [0, 0.1) is 5.41 Å². The van der Waals surface area contributed by atoms with Gasteiger partial charge in [0.25, 0.3) is 0 Å². The van der Waals surface area contributed by atoms with Gasteiger partial charge in [0.15, 0.2) is 5.17 Å². The summed E-state index contributed by atoms with van der Waals surface area (Å²) in [5.41, 5.74) is 0.643. The molecule has 2 rings (SSSR count). The van der Waals surface area contributed by atoms with Crippen LogP contribution in [-0.2, 0) is 4.79 Å². The predicted molar refractivity (Wildman–Crippen MR) is 99.5 cm³/mol. The molecule has 1 saturated heterocycles. The van der Waals surface area contributed by atoms with E-state index in [4.69, 9.17) is 4.99 Å². The van der Waals surface area contributed by atoms with Gasteiger partial charge in [-0.05, 0) is 19.2 Å². The fourth-order valence-electron chi connectivity index (χ4n) is 2.15. The minimum Gasteiger partial charge on any atom is -0.349 e. The zero-order valence-electron chi connectivity index (χ0n) is 14.6. The van der Waals surface area contributed by atoms with E-state index in [1.807, 2.05) is 51.1 Å². The fraction of sp³-hybridized carbons (Fsp3) is 0.556. The molecule has 126 valence electrons. The number of hydrogen-bond acceptors (Lipinski definition) is 4. The number of piperazine rings is 1. The summed E-state index contributed by atoms with van der Waals surface area (Å²) in [6.45, 7) is 9.89. The van der Waals surface area contributed by atoms with Gasteiger partial charge >= 0.3 is 0 Å². The largest absolute Gasteiger partial charge is 0.349 e. The number of thioether (sulfide) groups is 1. The molecule has 1 aliphatic rings. The van der Waals surface area contributed by atoms with E-state index >= 15 is 0 Å². The Hall–Kier alpha value is -1.33. The van der Waals surface area contributed by atoms with E-state index in [9.17, 15) is 4.79 Å². The maximum atomic E-state index is 12.3. The minimum atomic E-state index is -0.299. The first-order chi connectivity index (χ1) is 10.9. The van der Waals surface area contributed by atoms with Crippen molar-refractivity contribution in [1.82, 2.24) is 9.80 Å². The summed E-state index contributed by atoms with van der Waals surface area (Å²) in [6, 6.07) is 9.98. The summed E-state index contributed by atoms with van der Waals surface area (Å²) < 4.78 is 0. The number of likely N-dealkylation sites (N-methyl/N-ethyl adjacent to an activating group) is 1. The van der Waals surface area contributed by atoms with Crippen molar-refractivity contribution in [1.29, 1.82) is 0 Å². The molecule has 1 aromatic rings. The second-order valence-electron chi connectivity index (χ2n) is 6.98. The lowest BCUT2D eigenvalue weighted by molar-refractivity contribution is -0.123. The SMILES string of the molecule is CN1CCN(C(=Nc2ccccc2)SCC(=O)C(C)(C)C)CC1. The Morgan fingerprint density at radius 3 is 2.30 bits per heavy atom. The van der Waals surface area contributed by atoms with Gasteiger partial charge in [0.2, 0.25) is 0 Å². The Balaban J connectivity index is 2.11. The normalized spacial score (nSPS) is 17.4. The first kappa shape index (κ1) is 18.0. The van der Waals surface area contributed by atoms with Gasteiger partial charge in [0.05, 0.1) is 11.4 Å². The van der Waals surface area contributed by atoms with E-state index in [-0.39, 0.29) is 11.2 Å². The van der Waals surface area contributed by atoms with Crippen LogP contribution in [0.3, 0.4) is 0 Å². The molecule has 1 aliphatic heterocycles. The van der Waals surface area contributed by atoms with Gasteiger partial charge in [-0.2, -0.15) is 0 Å². The second-order valence-corrected chi connectivity index (χ2v) is 7.92. The third kappa shape index (κ3) is 5.66. The Kier molecular flexibility index (Phi) is 6.25. The first-order valence-electron chi connectivity index (χ1n) is 8.09. The summed E-state index contributed by atoms with van der Waals surface area (Å²) >= 11 is 1.57. The van der Waals surface area contributed by atoms with E-state index < -0.39 is 0 Å². The van der Waals surface area contributed by atoms with Crippen LogP contribution in [0.2, 0.25) is 0 Å². The van der Waals surface area contributed by atoms with Crippen molar-refractivity contribution < 1.29 is 4.79 Å². The molecule has 0 aliphatic carbocycles. The number of amidine groups is 1. The molecule has 0 bridgehead atoms. The van der Waals surface area contributed by atoms with Crippen LogP contribution in [-0.4, -0.2) is 59.7 Å². The van der Waals surface area contributed by atoms with E-state index in [0.29, 0.717) is 5.75 Å². The van der Waals surface area contributed by atoms with Crippen LogP contribution in [0.4, 0.5) is 5.69 Å². The van der Waals surface area contributed by atoms with Crippen LogP contribution in [0.15, 0.2) is 35.3 Å². The Labute approximate surface area is 144 Å². The highest BCUT2D eigenvalue weighted by Gasteiger charge is 2.24. The summed E-state index contributed by atoms with van der Waals surface area (Å²) in [5.74, 6) is 0.735. The molecule has 0 spiro atoms. The van der Waals surface area contributed by atoms with Crippen LogP contribution in [0.5, 0.6) is 0 Å². The molecule has 0 amide bonds. The van der Waals surface area contributed by atoms with Crippen LogP contribution >= 0.6 is 11.8 Å². The average Bonchev–Trinajstić information content (AvgIpc) is 2.52. The quantitative estimate of drug-likeness (QED) is 0.628. The molecule has 0 N–H and O–H groups in total. The maximum absolute atomic E-state index is 12.3. The Bertz CT molecular complexity index is 543. The Morgan fingerprint density at radius 2 is 1.74 bits per heavy atom. The van der Waals surface area contributed by atoms with Gasteiger partial charge in [-0.1, -0.05) is 50.7 Å². The molecule has 5 heteroatoms. The van der Waals surface area contributed by atoms with Crippen LogP contribution < -0.4 is 0 Å².